The van der Waals surface area contributed by atoms with Crippen molar-refractivity contribution in [2.75, 3.05) is 13.2 Å². The molecular formula is C25H42O7. The van der Waals surface area contributed by atoms with Gasteiger partial charge in [0.2, 0.25) is 0 Å². The van der Waals surface area contributed by atoms with Crippen molar-refractivity contribution in [1.29, 1.82) is 0 Å². The lowest BCUT2D eigenvalue weighted by Gasteiger charge is -2.22. The van der Waals surface area contributed by atoms with Crippen molar-refractivity contribution in [2.45, 2.75) is 103 Å². The lowest BCUT2D eigenvalue weighted by Crippen LogP contribution is -2.23. The molecule has 0 aliphatic heterocycles. The van der Waals surface area contributed by atoms with Crippen molar-refractivity contribution >= 4 is 17.7 Å². The Morgan fingerprint density at radius 3 is 2.53 bits per heavy atom. The van der Waals surface area contributed by atoms with Crippen LogP contribution in [0.5, 0.6) is 0 Å². The summed E-state index contributed by atoms with van der Waals surface area (Å²) in [4.78, 5) is 35.1. The molecule has 0 aromatic carbocycles. The van der Waals surface area contributed by atoms with Gasteiger partial charge in [-0.05, 0) is 39.5 Å². The third-order valence-corrected chi connectivity index (χ3v) is 6.05. The van der Waals surface area contributed by atoms with Crippen LogP contribution in [-0.4, -0.2) is 52.9 Å². The highest BCUT2D eigenvalue weighted by molar-refractivity contribution is 5.84. The number of aliphatic hydroxyl groups excluding tert-OH is 1. The molecule has 1 aliphatic rings. The first-order valence-corrected chi connectivity index (χ1v) is 12.1. The van der Waals surface area contributed by atoms with Crippen LogP contribution in [0.15, 0.2) is 12.2 Å². The number of carbonyl (C=O) groups is 3. The monoisotopic (exact) mass is 454 g/mol. The molecule has 7 heteroatoms. The van der Waals surface area contributed by atoms with E-state index in [4.69, 9.17) is 4.74 Å². The molecule has 0 radical (unpaired) electrons. The van der Waals surface area contributed by atoms with E-state index in [9.17, 15) is 24.6 Å². The highest BCUT2D eigenvalue weighted by Crippen LogP contribution is 2.34. The second kappa shape index (κ2) is 15.2. The second-order valence-corrected chi connectivity index (χ2v) is 9.12. The molecule has 1 fully saturated rings. The maximum absolute atomic E-state index is 12.3. The van der Waals surface area contributed by atoms with Crippen LogP contribution in [-0.2, 0) is 19.1 Å². The minimum atomic E-state index is -0.822. The first kappa shape index (κ1) is 28.3. The normalized spacial score (nSPS) is 22.8. The van der Waals surface area contributed by atoms with Crippen LogP contribution in [0.2, 0.25) is 0 Å². The van der Waals surface area contributed by atoms with E-state index in [-0.39, 0.29) is 43.0 Å². The topological polar surface area (TPSA) is 110 Å². The molecule has 0 aromatic heterocycles. The van der Waals surface area contributed by atoms with Gasteiger partial charge in [-0.2, -0.15) is 0 Å². The molecule has 2 N–H and O–H groups in total. The number of ketones is 2. The summed E-state index contributed by atoms with van der Waals surface area (Å²) in [6.45, 7) is 5.54. The molecule has 1 unspecified atom stereocenters. The number of hydrogen-bond donors (Lipinski definition) is 2. The zero-order chi connectivity index (χ0) is 24.0. The maximum atomic E-state index is 12.3. The van der Waals surface area contributed by atoms with Crippen molar-refractivity contribution in [3.63, 3.8) is 0 Å². The fourth-order valence-corrected chi connectivity index (χ4v) is 4.14. The fraction of sp³-hybridized carbons (Fsp3) is 0.800. The van der Waals surface area contributed by atoms with Gasteiger partial charge in [-0.25, -0.2) is 4.79 Å². The van der Waals surface area contributed by atoms with Crippen molar-refractivity contribution in [1.82, 2.24) is 0 Å². The highest BCUT2D eigenvalue weighted by atomic mass is 16.7. The van der Waals surface area contributed by atoms with Gasteiger partial charge < -0.3 is 19.7 Å². The first-order valence-electron chi connectivity index (χ1n) is 12.1. The predicted octanol–water partition coefficient (Wildman–Crippen LogP) is 4.52. The van der Waals surface area contributed by atoms with Crippen LogP contribution in [0.1, 0.15) is 91.4 Å². The lowest BCUT2D eigenvalue weighted by atomic mass is 9.87. The Morgan fingerprint density at radius 1 is 1.12 bits per heavy atom. The third kappa shape index (κ3) is 11.2. The molecule has 7 nitrogen and oxygen atoms in total. The molecule has 0 amide bonds. The molecule has 1 saturated carbocycles. The van der Waals surface area contributed by atoms with E-state index in [1.165, 1.54) is 0 Å². The van der Waals surface area contributed by atoms with Gasteiger partial charge in [-0.3, -0.25) is 9.59 Å². The van der Waals surface area contributed by atoms with Gasteiger partial charge in [0, 0.05) is 24.7 Å². The first-order chi connectivity index (χ1) is 15.2. The molecule has 0 bridgehead atoms. The van der Waals surface area contributed by atoms with Gasteiger partial charge in [0.05, 0.1) is 18.3 Å². The molecule has 0 aromatic rings. The SMILES string of the molecule is CCCCC(C)(O)CC=C[C@H]1[C@H](O)CC(=O)[C@@H]1CCCCCCC(=O)COC(=O)OCC. The average Bonchev–Trinajstić information content (AvgIpc) is 3.00. The number of rotatable bonds is 16. The zero-order valence-electron chi connectivity index (χ0n) is 20.0. The molecule has 0 spiro atoms. The molecule has 4 atom stereocenters. The summed E-state index contributed by atoms with van der Waals surface area (Å²) in [5, 5.41) is 20.7. The summed E-state index contributed by atoms with van der Waals surface area (Å²) in [5.74, 6) is -0.393. The van der Waals surface area contributed by atoms with Crippen LogP contribution < -0.4 is 0 Å². The van der Waals surface area contributed by atoms with Crippen LogP contribution >= 0.6 is 0 Å². The summed E-state index contributed by atoms with van der Waals surface area (Å²) in [6.07, 6.45) is 10.2. The largest absolute Gasteiger partial charge is 0.508 e. The quantitative estimate of drug-likeness (QED) is 0.200. The molecule has 1 rings (SSSR count). The fourth-order valence-electron chi connectivity index (χ4n) is 4.14. The van der Waals surface area contributed by atoms with E-state index in [1.54, 1.807) is 6.92 Å². The minimum Gasteiger partial charge on any atom is -0.435 e. The van der Waals surface area contributed by atoms with E-state index in [1.807, 2.05) is 19.1 Å². The standard InChI is InChI=1S/C25H42O7/c1-4-6-15-25(3,30)16-11-14-21-20(22(27)17-23(21)28)13-10-8-7-9-12-19(26)18-32-24(29)31-5-2/h11,14,20-21,23,28,30H,4-10,12-13,15-18H2,1-3H3/t20-,21-,23-,25?/m1/s1. The van der Waals surface area contributed by atoms with Crippen LogP contribution in [0.25, 0.3) is 0 Å². The number of hydrogen-bond acceptors (Lipinski definition) is 7. The van der Waals surface area contributed by atoms with E-state index >= 15 is 0 Å². The van der Waals surface area contributed by atoms with Gasteiger partial charge in [0.15, 0.2) is 12.4 Å². The highest BCUT2D eigenvalue weighted by Gasteiger charge is 2.39. The Morgan fingerprint density at radius 2 is 1.84 bits per heavy atom. The Labute approximate surface area is 192 Å². The van der Waals surface area contributed by atoms with E-state index < -0.39 is 17.9 Å². The van der Waals surface area contributed by atoms with Gasteiger partial charge in [-0.1, -0.05) is 51.2 Å². The lowest BCUT2D eigenvalue weighted by molar-refractivity contribution is -0.123. The van der Waals surface area contributed by atoms with Gasteiger partial charge in [0.1, 0.15) is 5.78 Å². The third-order valence-electron chi connectivity index (χ3n) is 6.05. The summed E-state index contributed by atoms with van der Waals surface area (Å²) < 4.78 is 9.31. The summed E-state index contributed by atoms with van der Waals surface area (Å²) >= 11 is 0. The van der Waals surface area contributed by atoms with Gasteiger partial charge >= 0.3 is 6.16 Å². The van der Waals surface area contributed by atoms with E-state index in [2.05, 4.69) is 11.7 Å². The van der Waals surface area contributed by atoms with E-state index in [0.29, 0.717) is 19.3 Å². The number of ether oxygens (including phenoxy) is 2. The Balaban J connectivity index is 2.31. The van der Waals surface area contributed by atoms with Gasteiger partial charge in [-0.15, -0.1) is 0 Å². The molecular weight excluding hydrogens is 412 g/mol. The summed E-state index contributed by atoms with van der Waals surface area (Å²) in [6, 6.07) is 0. The molecule has 0 saturated heterocycles. The Bertz CT molecular complexity index is 611. The van der Waals surface area contributed by atoms with Crippen molar-refractivity contribution < 1.29 is 34.1 Å². The van der Waals surface area contributed by atoms with E-state index in [0.717, 1.165) is 44.9 Å². The Kier molecular flexibility index (Phi) is 13.4. The average molecular weight is 455 g/mol. The molecule has 1 aliphatic carbocycles. The maximum Gasteiger partial charge on any atom is 0.508 e. The van der Waals surface area contributed by atoms with Crippen molar-refractivity contribution in [2.24, 2.45) is 11.8 Å². The van der Waals surface area contributed by atoms with Gasteiger partial charge in [0.25, 0.3) is 0 Å². The van der Waals surface area contributed by atoms with Crippen LogP contribution in [0.3, 0.4) is 0 Å². The summed E-state index contributed by atoms with van der Waals surface area (Å²) in [5.41, 5.74) is -0.756. The zero-order valence-corrected chi connectivity index (χ0v) is 20.0. The number of aliphatic hydroxyl groups is 2. The molecule has 32 heavy (non-hydrogen) atoms. The molecule has 184 valence electrons. The minimum absolute atomic E-state index is 0.108. The molecule has 0 heterocycles. The number of carbonyl (C=O) groups excluding carboxylic acids is 3. The smallest absolute Gasteiger partial charge is 0.435 e. The van der Waals surface area contributed by atoms with Crippen molar-refractivity contribution in [3.8, 4) is 0 Å². The van der Waals surface area contributed by atoms with Crippen molar-refractivity contribution in [3.05, 3.63) is 12.2 Å². The predicted molar refractivity (Wildman–Crippen MR) is 122 cm³/mol. The summed E-state index contributed by atoms with van der Waals surface area (Å²) in [7, 11) is 0. The second-order valence-electron chi connectivity index (χ2n) is 9.12. The number of unbranched alkanes of at least 4 members (excludes halogenated alkanes) is 4. The Hall–Kier alpha value is -1.73. The number of Topliss-reactive ketones (excluding diaryl/α,β-unsaturated/α-hetero) is 2. The van der Waals surface area contributed by atoms with Crippen LogP contribution in [0.4, 0.5) is 4.79 Å². The van der Waals surface area contributed by atoms with Crippen LogP contribution in [0, 0.1) is 11.8 Å².